The minimum Gasteiger partial charge on any atom is -0.477 e. The lowest BCUT2D eigenvalue weighted by Crippen LogP contribution is -2.16. The molecule has 0 saturated carbocycles. The van der Waals surface area contributed by atoms with Gasteiger partial charge in [0.1, 0.15) is 5.71 Å². The molecule has 2 N–H and O–H groups in total. The summed E-state index contributed by atoms with van der Waals surface area (Å²) in [4.78, 5) is 10.4. The monoisotopic (exact) mass is 234 g/mol. The first-order valence-corrected chi connectivity index (χ1v) is 5.74. The first-order chi connectivity index (χ1) is 8.20. The number of carboxylic acid groups (broad SMARTS) is 1. The van der Waals surface area contributed by atoms with E-state index >= 15 is 0 Å². The summed E-state index contributed by atoms with van der Waals surface area (Å²) < 4.78 is 0. The smallest absolute Gasteiger partial charge is 0.351 e. The summed E-state index contributed by atoms with van der Waals surface area (Å²) in [6.45, 7) is 2.18. The largest absolute Gasteiger partial charge is 0.477 e. The fourth-order valence-electron chi connectivity index (χ4n) is 1.40. The molecule has 0 amide bonds. The lowest BCUT2D eigenvalue weighted by Gasteiger charge is -2.02. The van der Waals surface area contributed by atoms with Gasteiger partial charge in [0.2, 0.25) is 0 Å². The molecular weight excluding hydrogens is 216 g/mol. The van der Waals surface area contributed by atoms with Crippen LogP contribution in [-0.4, -0.2) is 23.3 Å². The Morgan fingerprint density at radius 3 is 2.65 bits per heavy atom. The molecule has 0 aliphatic rings. The summed E-state index contributed by atoms with van der Waals surface area (Å²) in [5.41, 5.74) is 4.18. The molecule has 0 fully saturated rings. The van der Waals surface area contributed by atoms with E-state index < -0.39 is 5.97 Å². The number of hydrogen-bond donors (Lipinski definition) is 2. The van der Waals surface area contributed by atoms with E-state index in [1.54, 1.807) is 0 Å². The van der Waals surface area contributed by atoms with Crippen molar-refractivity contribution >= 4 is 11.7 Å². The zero-order valence-electron chi connectivity index (χ0n) is 10.0. The van der Waals surface area contributed by atoms with Gasteiger partial charge in [0.25, 0.3) is 0 Å². The van der Waals surface area contributed by atoms with Gasteiger partial charge in [-0.2, -0.15) is 5.10 Å². The van der Waals surface area contributed by atoms with Crippen LogP contribution >= 0.6 is 0 Å². The van der Waals surface area contributed by atoms with Crippen molar-refractivity contribution in [3.63, 3.8) is 0 Å². The molecule has 0 aliphatic carbocycles. The predicted octanol–water partition coefficient (Wildman–Crippen LogP) is 2.06. The van der Waals surface area contributed by atoms with Crippen molar-refractivity contribution in [2.75, 3.05) is 6.54 Å². The minimum absolute atomic E-state index is 0.0908. The third-order valence-corrected chi connectivity index (χ3v) is 2.40. The van der Waals surface area contributed by atoms with Crippen LogP contribution in [0.15, 0.2) is 35.4 Å². The number of carboxylic acids is 1. The van der Waals surface area contributed by atoms with E-state index in [0.29, 0.717) is 6.54 Å². The van der Waals surface area contributed by atoms with Crippen LogP contribution in [0.3, 0.4) is 0 Å². The van der Waals surface area contributed by atoms with E-state index in [9.17, 15) is 4.79 Å². The fraction of sp³-hybridized carbons (Fsp3) is 0.385. The summed E-state index contributed by atoms with van der Waals surface area (Å²) in [5, 5.41) is 12.3. The van der Waals surface area contributed by atoms with Gasteiger partial charge in [0, 0.05) is 6.54 Å². The Balaban J connectivity index is 2.10. The maximum absolute atomic E-state index is 10.4. The number of hydrazone groups is 1. The summed E-state index contributed by atoms with van der Waals surface area (Å²) in [6.07, 6.45) is 3.09. The normalized spacial score (nSPS) is 11.2. The molecule has 92 valence electrons. The number of nitrogens with zero attached hydrogens (tertiary/aromatic N) is 1. The second-order valence-electron chi connectivity index (χ2n) is 3.85. The number of carbonyl (C=O) groups is 1. The number of aliphatic carboxylic acids is 1. The van der Waals surface area contributed by atoms with Gasteiger partial charge in [-0.15, -0.1) is 0 Å². The van der Waals surface area contributed by atoms with E-state index in [1.165, 1.54) is 12.5 Å². The zero-order valence-corrected chi connectivity index (χ0v) is 10.0. The Morgan fingerprint density at radius 2 is 2.00 bits per heavy atom. The van der Waals surface area contributed by atoms with Gasteiger partial charge in [0.05, 0.1) is 0 Å². The molecule has 0 unspecified atom stereocenters. The molecule has 4 nitrogen and oxygen atoms in total. The second kappa shape index (κ2) is 7.44. The average Bonchev–Trinajstić information content (AvgIpc) is 2.34. The molecule has 0 spiro atoms. The van der Waals surface area contributed by atoms with Gasteiger partial charge in [-0.1, -0.05) is 30.3 Å². The first-order valence-electron chi connectivity index (χ1n) is 5.74. The number of benzene rings is 1. The van der Waals surface area contributed by atoms with Gasteiger partial charge >= 0.3 is 5.97 Å². The van der Waals surface area contributed by atoms with Gasteiger partial charge in [-0.25, -0.2) is 4.79 Å². The Kier molecular flexibility index (Phi) is 5.79. The molecule has 1 aromatic rings. The van der Waals surface area contributed by atoms with Gasteiger partial charge in [-0.05, 0) is 31.7 Å². The van der Waals surface area contributed by atoms with Crippen molar-refractivity contribution in [1.29, 1.82) is 0 Å². The van der Waals surface area contributed by atoms with Gasteiger partial charge < -0.3 is 10.5 Å². The topological polar surface area (TPSA) is 61.7 Å². The summed E-state index contributed by atoms with van der Waals surface area (Å²) in [6, 6.07) is 10.3. The number of nitrogens with one attached hydrogen (secondary N) is 1. The summed E-state index contributed by atoms with van der Waals surface area (Å²) in [5.74, 6) is -0.984. The van der Waals surface area contributed by atoms with Crippen LogP contribution in [0.25, 0.3) is 0 Å². The Hall–Kier alpha value is -1.84. The Labute approximate surface area is 101 Å². The van der Waals surface area contributed by atoms with Crippen molar-refractivity contribution in [1.82, 2.24) is 5.43 Å². The molecule has 0 bridgehead atoms. The minimum atomic E-state index is -0.984. The molecule has 0 aromatic heterocycles. The van der Waals surface area contributed by atoms with E-state index in [4.69, 9.17) is 5.11 Å². The number of rotatable bonds is 7. The average molecular weight is 234 g/mol. The highest BCUT2D eigenvalue weighted by Crippen LogP contribution is 2.03. The first kappa shape index (κ1) is 13.2. The maximum Gasteiger partial charge on any atom is 0.351 e. The van der Waals surface area contributed by atoms with E-state index in [0.717, 1.165) is 19.3 Å². The molecule has 0 aliphatic heterocycles. The molecular formula is C13H18N2O2. The summed E-state index contributed by atoms with van der Waals surface area (Å²) in [7, 11) is 0. The molecule has 0 atom stereocenters. The quantitative estimate of drug-likeness (QED) is 0.431. The third-order valence-electron chi connectivity index (χ3n) is 2.40. The zero-order chi connectivity index (χ0) is 12.5. The fourth-order valence-corrected chi connectivity index (χ4v) is 1.40. The number of unbranched alkanes of at least 4 members (excludes halogenated alkanes) is 1. The molecule has 4 heteroatoms. The molecule has 0 heterocycles. The molecule has 1 aromatic carbocycles. The lowest BCUT2D eigenvalue weighted by molar-refractivity contribution is -0.129. The second-order valence-corrected chi connectivity index (χ2v) is 3.85. The van der Waals surface area contributed by atoms with Gasteiger partial charge in [-0.3, -0.25) is 0 Å². The van der Waals surface area contributed by atoms with Crippen LogP contribution in [0.1, 0.15) is 25.3 Å². The van der Waals surface area contributed by atoms with Crippen LogP contribution in [0.4, 0.5) is 0 Å². The molecule has 0 saturated heterocycles. The highest BCUT2D eigenvalue weighted by molar-refractivity contribution is 6.34. The molecule has 1 rings (SSSR count). The Bertz CT molecular complexity index is 374. The van der Waals surface area contributed by atoms with E-state index in [2.05, 4.69) is 22.7 Å². The molecule has 0 radical (unpaired) electrons. The van der Waals surface area contributed by atoms with Gasteiger partial charge in [0.15, 0.2) is 0 Å². The van der Waals surface area contributed by atoms with E-state index in [1.807, 2.05) is 18.2 Å². The van der Waals surface area contributed by atoms with Crippen LogP contribution in [0.2, 0.25) is 0 Å². The molecule has 17 heavy (non-hydrogen) atoms. The predicted molar refractivity (Wildman–Crippen MR) is 68.1 cm³/mol. The Morgan fingerprint density at radius 1 is 1.29 bits per heavy atom. The van der Waals surface area contributed by atoms with Crippen molar-refractivity contribution < 1.29 is 9.90 Å². The van der Waals surface area contributed by atoms with Crippen molar-refractivity contribution in [2.45, 2.75) is 26.2 Å². The third kappa shape index (κ3) is 5.70. The van der Waals surface area contributed by atoms with Crippen LogP contribution in [0, 0.1) is 0 Å². The van der Waals surface area contributed by atoms with E-state index in [-0.39, 0.29) is 5.71 Å². The van der Waals surface area contributed by atoms with Crippen LogP contribution in [0.5, 0.6) is 0 Å². The number of aryl methyl sites for hydroxylation is 1. The summed E-state index contributed by atoms with van der Waals surface area (Å²) >= 11 is 0. The highest BCUT2D eigenvalue weighted by Gasteiger charge is 1.99. The standard InChI is InChI=1S/C13H18N2O2/c1-11(13(16)17)15-14-10-6-5-9-12-7-3-2-4-8-12/h2-4,7-8,14H,5-6,9-10H2,1H3,(H,16,17)/b15-11+. The maximum atomic E-state index is 10.4. The van der Waals surface area contributed by atoms with Crippen molar-refractivity contribution in [2.24, 2.45) is 5.10 Å². The SMILES string of the molecule is C/C(=N\NCCCCc1ccccc1)C(=O)O. The van der Waals surface area contributed by atoms with Crippen LogP contribution < -0.4 is 5.43 Å². The lowest BCUT2D eigenvalue weighted by atomic mass is 10.1. The van der Waals surface area contributed by atoms with Crippen molar-refractivity contribution in [3.05, 3.63) is 35.9 Å². The van der Waals surface area contributed by atoms with Crippen molar-refractivity contribution in [3.8, 4) is 0 Å². The highest BCUT2D eigenvalue weighted by atomic mass is 16.4. The number of hydrogen-bond acceptors (Lipinski definition) is 3. The van der Waals surface area contributed by atoms with Crippen LogP contribution in [-0.2, 0) is 11.2 Å².